The molecule has 5 nitrogen and oxygen atoms in total. The molecule has 2 aromatic rings. The smallest absolute Gasteiger partial charge is 0.416 e. The molecule has 0 bridgehead atoms. The quantitative estimate of drug-likeness (QED) is 0.612. The second kappa shape index (κ2) is 8.84. The third-order valence-electron chi connectivity index (χ3n) is 3.69. The lowest BCUT2D eigenvalue weighted by atomic mass is 10.0. The van der Waals surface area contributed by atoms with E-state index in [9.17, 15) is 13.6 Å². The molecular weight excluding hydrogens is 452 g/mol. The number of anilines is 1. The van der Waals surface area contributed by atoms with Crippen LogP contribution in [0.15, 0.2) is 34.2 Å². The Labute approximate surface area is 176 Å². The van der Waals surface area contributed by atoms with E-state index in [2.05, 4.69) is 20.9 Å². The van der Waals surface area contributed by atoms with Gasteiger partial charge in [-0.25, -0.2) is 18.6 Å². The van der Waals surface area contributed by atoms with E-state index in [1.807, 2.05) is 0 Å². The van der Waals surface area contributed by atoms with Crippen LogP contribution in [-0.2, 0) is 17.1 Å². The van der Waals surface area contributed by atoms with Gasteiger partial charge in [-0.3, -0.25) is 4.90 Å². The topological polar surface area (TPSA) is 68.5 Å². The molecule has 28 heavy (non-hydrogen) atoms. The summed E-state index contributed by atoms with van der Waals surface area (Å²) in [5.74, 6) is -2.88. The zero-order valence-corrected chi connectivity index (χ0v) is 18.6. The van der Waals surface area contributed by atoms with Gasteiger partial charge in [0.15, 0.2) is 5.13 Å². The molecule has 1 atom stereocenters. The van der Waals surface area contributed by atoms with Crippen LogP contribution in [0.25, 0.3) is 0 Å². The predicted molar refractivity (Wildman–Crippen MR) is 111 cm³/mol. The number of hydrogen-bond donors (Lipinski definition) is 1. The van der Waals surface area contributed by atoms with Gasteiger partial charge in [0.2, 0.25) is 0 Å². The van der Waals surface area contributed by atoms with Gasteiger partial charge in [0, 0.05) is 25.1 Å². The van der Waals surface area contributed by atoms with Crippen molar-refractivity contribution in [1.82, 2.24) is 4.98 Å². The number of hydrogen-bond acceptors (Lipinski definition) is 5. The molecule has 0 radical (unpaired) electrons. The van der Waals surface area contributed by atoms with E-state index in [-0.39, 0.29) is 12.1 Å². The number of nitrogens with two attached hydrogens (primary N) is 1. The lowest BCUT2D eigenvalue weighted by Crippen LogP contribution is -2.44. The SMILES string of the molecule is CC(C)(C)OC(=O)N(C[C@@H](N)Cc1ccc(C(C)(F)F)cc1)c1ncc(Br)s1. The molecule has 0 aliphatic carbocycles. The van der Waals surface area contributed by atoms with Gasteiger partial charge in [0.05, 0.1) is 9.98 Å². The average molecular weight is 476 g/mol. The average Bonchev–Trinajstić information content (AvgIpc) is 2.96. The number of halogens is 3. The van der Waals surface area contributed by atoms with Crippen LogP contribution in [-0.4, -0.2) is 29.3 Å². The first-order chi connectivity index (χ1) is 12.8. The number of carbonyl (C=O) groups excluding carboxylic acids is 1. The highest BCUT2D eigenvalue weighted by atomic mass is 79.9. The zero-order valence-electron chi connectivity index (χ0n) is 16.2. The third kappa shape index (κ3) is 6.79. The summed E-state index contributed by atoms with van der Waals surface area (Å²) in [6.45, 7) is 6.39. The monoisotopic (exact) mass is 475 g/mol. The number of carbonyl (C=O) groups is 1. The van der Waals surface area contributed by atoms with Crippen LogP contribution in [0.2, 0.25) is 0 Å². The molecule has 0 spiro atoms. The Hall–Kier alpha value is -1.58. The first-order valence-electron chi connectivity index (χ1n) is 8.70. The van der Waals surface area contributed by atoms with Crippen LogP contribution in [0.4, 0.5) is 18.7 Å². The molecule has 9 heteroatoms. The maximum absolute atomic E-state index is 13.3. The van der Waals surface area contributed by atoms with Gasteiger partial charge in [0.1, 0.15) is 5.60 Å². The van der Waals surface area contributed by atoms with Crippen LogP contribution in [0, 0.1) is 0 Å². The lowest BCUT2D eigenvalue weighted by molar-refractivity contribution is 0.0174. The van der Waals surface area contributed by atoms with E-state index in [0.29, 0.717) is 11.6 Å². The Bertz CT molecular complexity index is 801. The standard InChI is InChI=1S/C19H24BrF2N3O2S/c1-18(2,3)27-17(26)25(16-24-10-15(20)28-16)11-14(23)9-12-5-7-13(8-6-12)19(4,21)22/h5-8,10,14H,9,11,23H2,1-4H3/t14-/m0/s1. The van der Waals surface area contributed by atoms with Crippen LogP contribution in [0.1, 0.15) is 38.8 Å². The largest absolute Gasteiger partial charge is 0.443 e. The Morgan fingerprint density at radius 2 is 1.89 bits per heavy atom. The number of alkyl halides is 2. The minimum Gasteiger partial charge on any atom is -0.443 e. The van der Waals surface area contributed by atoms with Crippen molar-refractivity contribution < 1.29 is 18.3 Å². The second-order valence-electron chi connectivity index (χ2n) is 7.59. The maximum Gasteiger partial charge on any atom is 0.416 e. The molecule has 0 aliphatic heterocycles. The number of rotatable bonds is 6. The molecule has 2 rings (SSSR count). The first-order valence-corrected chi connectivity index (χ1v) is 10.3. The summed E-state index contributed by atoms with van der Waals surface area (Å²) in [5.41, 5.74) is 6.35. The second-order valence-corrected chi connectivity index (χ2v) is 9.98. The minimum atomic E-state index is -2.88. The van der Waals surface area contributed by atoms with Crippen LogP contribution >= 0.6 is 27.3 Å². The highest BCUT2D eigenvalue weighted by molar-refractivity contribution is 9.11. The fourth-order valence-corrected chi connectivity index (χ4v) is 3.63. The molecule has 0 unspecified atom stereocenters. The van der Waals surface area contributed by atoms with Gasteiger partial charge in [-0.2, -0.15) is 0 Å². The number of ether oxygens (including phenoxy) is 1. The van der Waals surface area contributed by atoms with E-state index in [4.69, 9.17) is 10.5 Å². The van der Waals surface area contributed by atoms with Crippen molar-refractivity contribution in [2.45, 2.75) is 51.7 Å². The highest BCUT2D eigenvalue weighted by Gasteiger charge is 2.27. The Morgan fingerprint density at radius 3 is 2.36 bits per heavy atom. The van der Waals surface area contributed by atoms with Crippen molar-refractivity contribution in [2.24, 2.45) is 5.73 Å². The Balaban J connectivity index is 2.11. The van der Waals surface area contributed by atoms with Crippen LogP contribution in [0.5, 0.6) is 0 Å². The Kier molecular flexibility index (Phi) is 7.17. The first kappa shape index (κ1) is 22.7. The highest BCUT2D eigenvalue weighted by Crippen LogP contribution is 2.29. The predicted octanol–water partition coefficient (Wildman–Crippen LogP) is 5.33. The normalized spacial score (nSPS) is 13.3. The van der Waals surface area contributed by atoms with Gasteiger partial charge < -0.3 is 10.5 Å². The molecule has 1 aromatic carbocycles. The van der Waals surface area contributed by atoms with E-state index in [1.165, 1.54) is 28.4 Å². The fourth-order valence-electron chi connectivity index (χ4n) is 2.45. The summed E-state index contributed by atoms with van der Waals surface area (Å²) in [7, 11) is 0. The number of nitrogens with zero attached hydrogens (tertiary/aromatic N) is 2. The van der Waals surface area contributed by atoms with Gasteiger partial charge in [-0.05, 0) is 48.7 Å². The van der Waals surface area contributed by atoms with Crippen molar-refractivity contribution in [3.05, 3.63) is 45.4 Å². The van der Waals surface area contributed by atoms with Crippen molar-refractivity contribution in [3.8, 4) is 0 Å². The van der Waals surface area contributed by atoms with Gasteiger partial charge >= 0.3 is 6.09 Å². The zero-order chi connectivity index (χ0) is 21.1. The summed E-state index contributed by atoms with van der Waals surface area (Å²) in [4.78, 5) is 18.3. The maximum atomic E-state index is 13.3. The summed E-state index contributed by atoms with van der Waals surface area (Å²) in [5, 5.41) is 0.470. The van der Waals surface area contributed by atoms with Gasteiger partial charge in [0.25, 0.3) is 5.92 Å². The molecule has 1 aromatic heterocycles. The van der Waals surface area contributed by atoms with E-state index >= 15 is 0 Å². The Morgan fingerprint density at radius 1 is 1.29 bits per heavy atom. The van der Waals surface area contributed by atoms with Crippen molar-refractivity contribution >= 4 is 38.5 Å². The number of amides is 1. The van der Waals surface area contributed by atoms with E-state index in [0.717, 1.165) is 16.3 Å². The molecule has 0 aliphatic rings. The molecule has 0 fully saturated rings. The fraction of sp³-hybridized carbons (Fsp3) is 0.474. The van der Waals surface area contributed by atoms with Gasteiger partial charge in [-0.15, -0.1) is 0 Å². The van der Waals surface area contributed by atoms with Gasteiger partial charge in [-0.1, -0.05) is 35.6 Å². The molecule has 0 saturated carbocycles. The number of thiazole rings is 1. The lowest BCUT2D eigenvalue weighted by Gasteiger charge is -2.27. The summed E-state index contributed by atoms with van der Waals surface area (Å²) in [6.07, 6.45) is 1.49. The number of aromatic nitrogens is 1. The molecule has 0 saturated heterocycles. The molecular formula is C19H24BrF2N3O2S. The van der Waals surface area contributed by atoms with E-state index in [1.54, 1.807) is 39.1 Å². The molecule has 154 valence electrons. The summed E-state index contributed by atoms with van der Waals surface area (Å²) in [6, 6.07) is 5.62. The number of benzene rings is 1. The molecule has 1 amide bonds. The summed E-state index contributed by atoms with van der Waals surface area (Å²) >= 11 is 4.63. The minimum absolute atomic E-state index is 0.0483. The van der Waals surface area contributed by atoms with Crippen LogP contribution in [0.3, 0.4) is 0 Å². The third-order valence-corrected chi connectivity index (χ3v) is 5.19. The van der Waals surface area contributed by atoms with Crippen molar-refractivity contribution in [3.63, 3.8) is 0 Å². The molecule has 1 heterocycles. The molecule has 2 N–H and O–H groups in total. The van der Waals surface area contributed by atoms with E-state index < -0.39 is 23.7 Å². The van der Waals surface area contributed by atoms with Crippen LogP contribution < -0.4 is 10.6 Å². The van der Waals surface area contributed by atoms with Crippen molar-refractivity contribution in [1.29, 1.82) is 0 Å². The van der Waals surface area contributed by atoms with Crippen molar-refractivity contribution in [2.75, 3.05) is 11.4 Å². The summed E-state index contributed by atoms with van der Waals surface area (Å²) < 4.78 is 32.9.